The zero-order chi connectivity index (χ0) is 21.7. The summed E-state index contributed by atoms with van der Waals surface area (Å²) in [5, 5.41) is 6.20. The summed E-state index contributed by atoms with van der Waals surface area (Å²) in [7, 11) is -1.64. The highest BCUT2D eigenvalue weighted by Crippen LogP contribution is 2.43. The Morgan fingerprint density at radius 2 is 1.45 bits per heavy atom. The molecule has 0 atom stereocenters. The van der Waals surface area contributed by atoms with Crippen molar-refractivity contribution in [3.05, 3.63) is 29.3 Å². The van der Waals surface area contributed by atoms with Gasteiger partial charge >= 0.3 is 0 Å². The fourth-order valence-corrected chi connectivity index (χ4v) is 16.5. The molecule has 0 amide bonds. The highest BCUT2D eigenvalue weighted by molar-refractivity contribution is 7.02. The average Bonchev–Trinajstić information content (AvgIpc) is 2.61. The van der Waals surface area contributed by atoms with Crippen molar-refractivity contribution in [2.75, 3.05) is 7.11 Å². The van der Waals surface area contributed by atoms with E-state index in [4.69, 9.17) is 9.47 Å². The number of hydrogen-bond acceptors (Lipinski definition) is 2. The smallest absolute Gasteiger partial charge is 0.119 e. The van der Waals surface area contributed by atoms with Crippen LogP contribution < -0.4 is 15.1 Å². The van der Waals surface area contributed by atoms with E-state index in [0.717, 1.165) is 12.4 Å². The lowest BCUT2D eigenvalue weighted by Gasteiger charge is -2.48. The standard InChI is InChI=1S/C25H40O2Si2/c1-16(2)29(17(3)4,18(5)6)25-22-15-27-14-20-12-21(26-7)11-19(24(20)22)13-23(25)28(8,9)10/h11-13,16-18H,14-15H2,1-10H3. The minimum absolute atomic E-state index is 0.687. The van der Waals surface area contributed by atoms with Gasteiger partial charge < -0.3 is 9.47 Å². The molecule has 3 rings (SSSR count). The summed E-state index contributed by atoms with van der Waals surface area (Å²) in [4.78, 5) is 0. The van der Waals surface area contributed by atoms with E-state index in [2.05, 4.69) is 79.4 Å². The maximum absolute atomic E-state index is 6.21. The molecular formula is C25H40O2Si2. The summed E-state index contributed by atoms with van der Waals surface area (Å²) in [6.45, 7) is 23.9. The Morgan fingerprint density at radius 3 is 1.93 bits per heavy atom. The van der Waals surface area contributed by atoms with Crippen molar-refractivity contribution < 1.29 is 9.47 Å². The molecule has 160 valence electrons. The number of hydrogen-bond donors (Lipinski definition) is 0. The van der Waals surface area contributed by atoms with Gasteiger partial charge in [0, 0.05) is 0 Å². The predicted octanol–water partition coefficient (Wildman–Crippen LogP) is 6.31. The van der Waals surface area contributed by atoms with Crippen molar-refractivity contribution in [1.29, 1.82) is 0 Å². The van der Waals surface area contributed by atoms with Crippen LogP contribution in [0.1, 0.15) is 52.7 Å². The van der Waals surface area contributed by atoms with E-state index < -0.39 is 16.1 Å². The Labute approximate surface area is 180 Å². The van der Waals surface area contributed by atoms with Crippen LogP contribution in [0.4, 0.5) is 0 Å². The van der Waals surface area contributed by atoms with Crippen LogP contribution in [0, 0.1) is 0 Å². The lowest BCUT2D eigenvalue weighted by atomic mass is 9.97. The van der Waals surface area contributed by atoms with Crippen molar-refractivity contribution in [1.82, 2.24) is 0 Å². The molecule has 0 saturated carbocycles. The number of ether oxygens (including phenoxy) is 2. The third-order valence-electron chi connectivity index (χ3n) is 7.24. The van der Waals surface area contributed by atoms with Gasteiger partial charge in [0.05, 0.1) is 36.5 Å². The molecule has 0 unspecified atom stereocenters. The van der Waals surface area contributed by atoms with E-state index in [-0.39, 0.29) is 0 Å². The van der Waals surface area contributed by atoms with Crippen LogP contribution >= 0.6 is 0 Å². The number of methoxy groups -OCH3 is 1. The van der Waals surface area contributed by atoms with Crippen LogP contribution in [0.2, 0.25) is 36.3 Å². The molecular weight excluding hydrogens is 388 g/mol. The van der Waals surface area contributed by atoms with Crippen molar-refractivity contribution >= 4 is 37.3 Å². The summed E-state index contributed by atoms with van der Waals surface area (Å²) < 4.78 is 11.8. The van der Waals surface area contributed by atoms with Gasteiger partial charge in [-0.15, -0.1) is 0 Å². The van der Waals surface area contributed by atoms with E-state index in [1.807, 2.05) is 0 Å². The van der Waals surface area contributed by atoms with Gasteiger partial charge in [0.2, 0.25) is 0 Å². The summed E-state index contributed by atoms with van der Waals surface area (Å²) in [6, 6.07) is 6.98. The number of rotatable bonds is 6. The zero-order valence-electron chi connectivity index (χ0n) is 20.2. The summed E-state index contributed by atoms with van der Waals surface area (Å²) in [6.07, 6.45) is 0. The Kier molecular flexibility index (Phi) is 6.12. The van der Waals surface area contributed by atoms with E-state index in [1.54, 1.807) is 17.5 Å². The molecule has 0 saturated heterocycles. The Morgan fingerprint density at radius 1 is 0.862 bits per heavy atom. The van der Waals surface area contributed by atoms with Gasteiger partial charge in [-0.2, -0.15) is 0 Å². The van der Waals surface area contributed by atoms with Gasteiger partial charge in [-0.1, -0.05) is 77.6 Å². The summed E-state index contributed by atoms with van der Waals surface area (Å²) in [5.41, 5.74) is 4.87. The Hall–Kier alpha value is -1.11. The fourth-order valence-electron chi connectivity index (χ4n) is 6.28. The second-order valence-corrected chi connectivity index (χ2v) is 21.7. The van der Waals surface area contributed by atoms with Gasteiger partial charge in [0.1, 0.15) is 5.75 Å². The first-order valence-corrected chi connectivity index (χ1v) is 16.9. The third kappa shape index (κ3) is 3.51. The molecule has 0 aromatic heterocycles. The molecule has 2 aromatic carbocycles. The van der Waals surface area contributed by atoms with Gasteiger partial charge in [0.15, 0.2) is 0 Å². The quantitative estimate of drug-likeness (QED) is 0.502. The van der Waals surface area contributed by atoms with Crippen LogP contribution in [0.5, 0.6) is 5.75 Å². The molecule has 0 radical (unpaired) electrons. The van der Waals surface area contributed by atoms with Crippen LogP contribution in [-0.4, -0.2) is 23.3 Å². The minimum atomic E-state index is -1.83. The maximum atomic E-state index is 6.21. The third-order valence-corrected chi connectivity index (χ3v) is 16.7. The van der Waals surface area contributed by atoms with Gasteiger partial charge in [-0.25, -0.2) is 0 Å². The van der Waals surface area contributed by atoms with E-state index >= 15 is 0 Å². The Balaban J connectivity index is 2.57. The van der Waals surface area contributed by atoms with Crippen LogP contribution in [0.3, 0.4) is 0 Å². The fraction of sp³-hybridized carbons (Fsp3) is 0.600. The second kappa shape index (κ2) is 7.86. The molecule has 0 fully saturated rings. The molecule has 0 N–H and O–H groups in total. The van der Waals surface area contributed by atoms with Crippen LogP contribution in [0.15, 0.2) is 18.2 Å². The first kappa shape index (κ1) is 22.6. The molecule has 1 heterocycles. The zero-order valence-corrected chi connectivity index (χ0v) is 22.2. The van der Waals surface area contributed by atoms with Crippen LogP contribution in [0.25, 0.3) is 10.8 Å². The molecule has 0 bridgehead atoms. The van der Waals surface area contributed by atoms with Gasteiger partial charge in [-0.3, -0.25) is 0 Å². The summed E-state index contributed by atoms with van der Waals surface area (Å²) in [5.74, 6) is 0.943. The van der Waals surface area contributed by atoms with E-state index in [9.17, 15) is 0 Å². The average molecular weight is 429 g/mol. The predicted molar refractivity (Wildman–Crippen MR) is 133 cm³/mol. The minimum Gasteiger partial charge on any atom is -0.497 e. The highest BCUT2D eigenvalue weighted by Gasteiger charge is 2.48. The molecule has 29 heavy (non-hydrogen) atoms. The number of benzene rings is 2. The van der Waals surface area contributed by atoms with Crippen LogP contribution in [-0.2, 0) is 18.0 Å². The van der Waals surface area contributed by atoms with Gasteiger partial charge in [-0.05, 0) is 50.7 Å². The first-order chi connectivity index (χ1) is 13.5. The lowest BCUT2D eigenvalue weighted by Crippen LogP contribution is -2.66. The first-order valence-electron chi connectivity index (χ1n) is 11.2. The molecule has 2 aromatic rings. The highest BCUT2D eigenvalue weighted by atomic mass is 28.3. The lowest BCUT2D eigenvalue weighted by molar-refractivity contribution is 0.103. The van der Waals surface area contributed by atoms with Crippen molar-refractivity contribution in [3.63, 3.8) is 0 Å². The van der Waals surface area contributed by atoms with Crippen molar-refractivity contribution in [2.45, 2.75) is 91.0 Å². The second-order valence-electron chi connectivity index (χ2n) is 10.8. The topological polar surface area (TPSA) is 18.5 Å². The molecule has 0 aliphatic carbocycles. The molecule has 2 nitrogen and oxygen atoms in total. The molecule has 4 heteroatoms. The Bertz CT molecular complexity index is 886. The molecule has 1 aliphatic heterocycles. The normalized spacial score (nSPS) is 15.1. The van der Waals surface area contributed by atoms with Crippen molar-refractivity contribution in [2.24, 2.45) is 0 Å². The van der Waals surface area contributed by atoms with E-state index in [1.165, 1.54) is 21.9 Å². The largest absolute Gasteiger partial charge is 0.497 e. The SMILES string of the molecule is COc1cc2c3c(c([Si](C(C)C)(C(C)C)C(C)C)c([Si](C)(C)C)cc3c1)COC2. The van der Waals surface area contributed by atoms with Gasteiger partial charge in [0.25, 0.3) is 0 Å². The van der Waals surface area contributed by atoms with Crippen molar-refractivity contribution in [3.8, 4) is 5.75 Å². The molecule has 1 aliphatic rings. The van der Waals surface area contributed by atoms with E-state index in [0.29, 0.717) is 23.2 Å². The molecule has 0 spiro atoms. The monoisotopic (exact) mass is 428 g/mol. The summed E-state index contributed by atoms with van der Waals surface area (Å²) >= 11 is 0. The maximum Gasteiger partial charge on any atom is 0.119 e.